The van der Waals surface area contributed by atoms with E-state index in [4.69, 9.17) is 0 Å². The number of carbonyl (C=O) groups is 1. The first-order valence-electron chi connectivity index (χ1n) is 5.99. The number of thioether (sulfide) groups is 1. The van der Waals surface area contributed by atoms with Crippen LogP contribution < -0.4 is 5.32 Å². The van der Waals surface area contributed by atoms with Crippen LogP contribution in [0.4, 0.5) is 5.69 Å². The molecule has 1 aromatic heterocycles. The van der Waals surface area contributed by atoms with Crippen LogP contribution in [0.25, 0.3) is 0 Å². The van der Waals surface area contributed by atoms with Crippen LogP contribution >= 0.6 is 23.1 Å². The van der Waals surface area contributed by atoms with E-state index < -0.39 is 0 Å². The smallest absolute Gasteiger partial charge is 0.234 e. The largest absolute Gasteiger partial charge is 0.325 e. The molecule has 1 amide bonds. The van der Waals surface area contributed by atoms with Gasteiger partial charge in [-0.3, -0.25) is 4.79 Å². The summed E-state index contributed by atoms with van der Waals surface area (Å²) in [6.45, 7) is 3.98. The predicted octanol–water partition coefficient (Wildman–Crippen LogP) is 3.14. The second-order valence-electron chi connectivity index (χ2n) is 3.93. The zero-order valence-corrected chi connectivity index (χ0v) is 12.5. The molecule has 0 bridgehead atoms. The Morgan fingerprint density at radius 2 is 2.16 bits per heavy atom. The molecule has 100 valence electrons. The molecule has 0 aliphatic rings. The molecule has 19 heavy (non-hydrogen) atoms. The lowest BCUT2D eigenvalue weighted by atomic mass is 10.1. The number of anilines is 1. The van der Waals surface area contributed by atoms with E-state index in [1.54, 1.807) is 0 Å². The van der Waals surface area contributed by atoms with Crippen molar-refractivity contribution in [2.75, 3.05) is 11.1 Å². The molecule has 1 heterocycles. The molecule has 0 aliphatic heterocycles. The first kappa shape index (κ1) is 14.0. The molecule has 0 radical (unpaired) electrons. The maximum Gasteiger partial charge on any atom is 0.234 e. The molecule has 0 atom stereocenters. The molecule has 6 heteroatoms. The third-order valence-corrected chi connectivity index (χ3v) is 4.48. The lowest BCUT2D eigenvalue weighted by molar-refractivity contribution is -0.113. The molecule has 0 fully saturated rings. The Balaban J connectivity index is 1.90. The highest BCUT2D eigenvalue weighted by Crippen LogP contribution is 2.22. The number of hydrogen-bond acceptors (Lipinski definition) is 5. The quantitative estimate of drug-likeness (QED) is 0.860. The maximum absolute atomic E-state index is 11.9. The highest BCUT2D eigenvalue weighted by Gasteiger charge is 2.08. The molecule has 2 rings (SSSR count). The van der Waals surface area contributed by atoms with Crippen LogP contribution in [0.2, 0.25) is 0 Å². The molecule has 0 aliphatic carbocycles. The number of nitrogens with one attached hydrogen (secondary N) is 1. The van der Waals surface area contributed by atoms with Gasteiger partial charge in [-0.15, -0.1) is 10.2 Å². The summed E-state index contributed by atoms with van der Waals surface area (Å²) in [6, 6.07) is 7.86. The molecule has 0 saturated carbocycles. The first-order chi connectivity index (χ1) is 9.19. The van der Waals surface area contributed by atoms with Gasteiger partial charge in [0.25, 0.3) is 0 Å². The van der Waals surface area contributed by atoms with Crippen molar-refractivity contribution in [3.05, 3.63) is 34.8 Å². The molecule has 0 saturated heterocycles. The highest BCUT2D eigenvalue weighted by molar-refractivity contribution is 8.01. The van der Waals surface area contributed by atoms with Crippen LogP contribution in [-0.4, -0.2) is 21.9 Å². The highest BCUT2D eigenvalue weighted by atomic mass is 32.2. The summed E-state index contributed by atoms with van der Waals surface area (Å²) in [6.07, 6.45) is 0.902. The fourth-order valence-electron chi connectivity index (χ4n) is 1.60. The van der Waals surface area contributed by atoms with Gasteiger partial charge >= 0.3 is 0 Å². The van der Waals surface area contributed by atoms with Gasteiger partial charge in [0.2, 0.25) is 5.91 Å². The number of aryl methyl sites for hydroxylation is 2. The Morgan fingerprint density at radius 1 is 1.37 bits per heavy atom. The third-order valence-electron chi connectivity index (χ3n) is 2.51. The van der Waals surface area contributed by atoms with Gasteiger partial charge in [0.1, 0.15) is 5.01 Å². The second kappa shape index (κ2) is 6.68. The Bertz CT molecular complexity index is 569. The van der Waals surface area contributed by atoms with Gasteiger partial charge in [-0.25, -0.2) is 0 Å². The fraction of sp³-hybridized carbons (Fsp3) is 0.308. The number of benzene rings is 1. The van der Waals surface area contributed by atoms with Crippen LogP contribution in [0.15, 0.2) is 28.6 Å². The van der Waals surface area contributed by atoms with E-state index in [0.29, 0.717) is 5.75 Å². The van der Waals surface area contributed by atoms with E-state index in [1.807, 2.05) is 31.2 Å². The molecule has 2 aromatic rings. The normalized spacial score (nSPS) is 10.4. The van der Waals surface area contributed by atoms with Crippen molar-refractivity contribution in [2.24, 2.45) is 0 Å². The number of para-hydroxylation sites is 1. The number of carbonyl (C=O) groups excluding carboxylic acids is 1. The van der Waals surface area contributed by atoms with Crippen LogP contribution in [0.3, 0.4) is 0 Å². The Hall–Kier alpha value is -1.40. The number of rotatable bonds is 5. The maximum atomic E-state index is 11.9. The van der Waals surface area contributed by atoms with E-state index >= 15 is 0 Å². The van der Waals surface area contributed by atoms with Gasteiger partial charge in [0, 0.05) is 5.69 Å². The SMILES string of the molecule is CCc1ccccc1NC(=O)CSc1nnc(C)s1. The van der Waals surface area contributed by atoms with Gasteiger partial charge < -0.3 is 5.32 Å². The number of hydrogen-bond donors (Lipinski definition) is 1. The lowest BCUT2D eigenvalue weighted by Crippen LogP contribution is -2.15. The van der Waals surface area contributed by atoms with E-state index in [1.165, 1.54) is 23.1 Å². The minimum Gasteiger partial charge on any atom is -0.325 e. The molecule has 0 unspecified atom stereocenters. The van der Waals surface area contributed by atoms with Gasteiger partial charge in [0.15, 0.2) is 4.34 Å². The summed E-state index contributed by atoms with van der Waals surface area (Å²) >= 11 is 2.92. The summed E-state index contributed by atoms with van der Waals surface area (Å²) in [4.78, 5) is 11.9. The summed E-state index contributed by atoms with van der Waals surface area (Å²) < 4.78 is 0.830. The molecule has 1 aromatic carbocycles. The van der Waals surface area contributed by atoms with Crippen LogP contribution in [0.5, 0.6) is 0 Å². The first-order valence-corrected chi connectivity index (χ1v) is 7.80. The van der Waals surface area contributed by atoms with E-state index in [-0.39, 0.29) is 5.91 Å². The van der Waals surface area contributed by atoms with E-state index in [9.17, 15) is 4.79 Å². The van der Waals surface area contributed by atoms with Crippen molar-refractivity contribution in [1.82, 2.24) is 10.2 Å². The van der Waals surface area contributed by atoms with Crippen molar-refractivity contribution in [1.29, 1.82) is 0 Å². The average molecular weight is 293 g/mol. The van der Waals surface area contributed by atoms with Gasteiger partial charge in [-0.05, 0) is 25.0 Å². The van der Waals surface area contributed by atoms with Crippen molar-refractivity contribution < 1.29 is 4.79 Å². The molecule has 4 nitrogen and oxygen atoms in total. The van der Waals surface area contributed by atoms with E-state index in [0.717, 1.165) is 27.0 Å². The lowest BCUT2D eigenvalue weighted by Gasteiger charge is -2.08. The summed E-state index contributed by atoms with van der Waals surface area (Å²) in [7, 11) is 0. The Kier molecular flexibility index (Phi) is 4.93. The molecule has 1 N–H and O–H groups in total. The standard InChI is InChI=1S/C13H15N3OS2/c1-3-10-6-4-5-7-11(10)14-12(17)8-18-13-16-15-9(2)19-13/h4-7H,3,8H2,1-2H3,(H,14,17). The molecule has 0 spiro atoms. The van der Waals surface area contributed by atoms with Gasteiger partial charge in [-0.2, -0.15) is 0 Å². The predicted molar refractivity (Wildman–Crippen MR) is 79.8 cm³/mol. The average Bonchev–Trinajstić information content (AvgIpc) is 2.83. The number of aromatic nitrogens is 2. The molecular weight excluding hydrogens is 278 g/mol. The third kappa shape index (κ3) is 4.04. The minimum absolute atomic E-state index is 0.0150. The van der Waals surface area contributed by atoms with Crippen LogP contribution in [0.1, 0.15) is 17.5 Å². The number of amides is 1. The topological polar surface area (TPSA) is 54.9 Å². The van der Waals surface area contributed by atoms with Crippen molar-refractivity contribution in [3.63, 3.8) is 0 Å². The monoisotopic (exact) mass is 293 g/mol. The van der Waals surface area contributed by atoms with Crippen molar-refractivity contribution in [3.8, 4) is 0 Å². The Labute approximate surface area is 120 Å². The van der Waals surface area contributed by atoms with Crippen molar-refractivity contribution in [2.45, 2.75) is 24.6 Å². The van der Waals surface area contributed by atoms with Crippen LogP contribution in [0, 0.1) is 6.92 Å². The van der Waals surface area contributed by atoms with Crippen molar-refractivity contribution >= 4 is 34.7 Å². The van der Waals surface area contributed by atoms with Gasteiger partial charge in [-0.1, -0.05) is 48.2 Å². The summed E-state index contributed by atoms with van der Waals surface area (Å²) in [5, 5.41) is 11.8. The Morgan fingerprint density at radius 3 is 2.84 bits per heavy atom. The minimum atomic E-state index is -0.0150. The number of nitrogens with zero attached hydrogens (tertiary/aromatic N) is 2. The van der Waals surface area contributed by atoms with E-state index in [2.05, 4.69) is 22.4 Å². The zero-order valence-electron chi connectivity index (χ0n) is 10.8. The fourth-order valence-corrected chi connectivity index (χ4v) is 3.22. The molecular formula is C13H15N3OS2. The summed E-state index contributed by atoms with van der Waals surface area (Å²) in [5.74, 6) is 0.339. The van der Waals surface area contributed by atoms with Crippen LogP contribution in [-0.2, 0) is 11.2 Å². The summed E-state index contributed by atoms with van der Waals surface area (Å²) in [5.41, 5.74) is 2.04. The zero-order chi connectivity index (χ0) is 13.7. The van der Waals surface area contributed by atoms with Gasteiger partial charge in [0.05, 0.1) is 5.75 Å². The second-order valence-corrected chi connectivity index (χ2v) is 6.34.